The van der Waals surface area contributed by atoms with Crippen LogP contribution in [0.4, 0.5) is 0 Å². The first-order chi connectivity index (χ1) is 11.2. The van der Waals surface area contributed by atoms with E-state index in [0.717, 1.165) is 34.4 Å². The molecular formula is C16H18N4OS2. The Morgan fingerprint density at radius 1 is 1.43 bits per heavy atom. The summed E-state index contributed by atoms with van der Waals surface area (Å²) in [4.78, 5) is 13.5. The number of nitrogens with one attached hydrogen (secondary N) is 2. The minimum absolute atomic E-state index is 0.0547. The molecule has 5 rings (SSSR count). The van der Waals surface area contributed by atoms with Crippen LogP contribution in [0.2, 0.25) is 0 Å². The van der Waals surface area contributed by atoms with Crippen LogP contribution in [-0.2, 0) is 11.3 Å². The van der Waals surface area contributed by atoms with Crippen LogP contribution >= 0.6 is 23.6 Å². The molecular weight excluding hydrogens is 328 g/mol. The van der Waals surface area contributed by atoms with Crippen molar-refractivity contribution in [2.75, 3.05) is 0 Å². The first kappa shape index (κ1) is 13.9. The van der Waals surface area contributed by atoms with Crippen LogP contribution in [0.25, 0.3) is 10.7 Å². The lowest BCUT2D eigenvalue weighted by molar-refractivity contribution is -0.122. The SMILES string of the molecule is O=C(Cn1c(-c2cccs2)n[nH]c1=S)NC1[C@@H]2[C@H]3CC[C@@H](C3)[C@H]12. The summed E-state index contributed by atoms with van der Waals surface area (Å²) in [6.45, 7) is 0.244. The van der Waals surface area contributed by atoms with E-state index in [4.69, 9.17) is 12.2 Å². The first-order valence-electron chi connectivity index (χ1n) is 8.21. The molecule has 2 aromatic heterocycles. The number of H-pyrrole nitrogens is 1. The first-order valence-corrected chi connectivity index (χ1v) is 9.49. The molecule has 0 spiro atoms. The molecule has 2 aromatic rings. The average Bonchev–Trinajstić information content (AvgIpc) is 3.07. The third-order valence-electron chi connectivity index (χ3n) is 5.86. The van der Waals surface area contributed by atoms with E-state index in [1.165, 1.54) is 19.3 Å². The number of aromatic amines is 1. The maximum atomic E-state index is 12.5. The van der Waals surface area contributed by atoms with Crippen LogP contribution in [0.3, 0.4) is 0 Å². The molecule has 5 nitrogen and oxygen atoms in total. The van der Waals surface area contributed by atoms with Crippen molar-refractivity contribution in [3.63, 3.8) is 0 Å². The summed E-state index contributed by atoms with van der Waals surface area (Å²) in [5.74, 6) is 4.05. The van der Waals surface area contributed by atoms with E-state index >= 15 is 0 Å². The van der Waals surface area contributed by atoms with Gasteiger partial charge >= 0.3 is 0 Å². The molecule has 5 atom stereocenters. The summed E-state index contributed by atoms with van der Waals surface area (Å²) >= 11 is 6.89. The monoisotopic (exact) mass is 346 g/mol. The van der Waals surface area contributed by atoms with Crippen LogP contribution in [0.1, 0.15) is 19.3 Å². The summed E-state index contributed by atoms with van der Waals surface area (Å²) < 4.78 is 2.29. The molecule has 3 fully saturated rings. The smallest absolute Gasteiger partial charge is 0.240 e. The summed E-state index contributed by atoms with van der Waals surface area (Å²) in [6.07, 6.45) is 4.14. The average molecular weight is 346 g/mol. The Balaban J connectivity index is 1.30. The van der Waals surface area contributed by atoms with Gasteiger partial charge in [-0.1, -0.05) is 6.07 Å². The lowest BCUT2D eigenvalue weighted by Gasteiger charge is -2.11. The van der Waals surface area contributed by atoms with Gasteiger partial charge in [-0.05, 0) is 66.6 Å². The van der Waals surface area contributed by atoms with Gasteiger partial charge in [-0.15, -0.1) is 11.3 Å². The number of hydrogen-bond donors (Lipinski definition) is 2. The number of thiophene rings is 1. The topological polar surface area (TPSA) is 62.7 Å². The Kier molecular flexibility index (Phi) is 3.03. The standard InChI is InChI=1S/C16H18N4OS2/c21-11(17-14-12-8-3-4-9(6-8)13(12)14)7-20-15(18-19-16(20)22)10-2-1-5-23-10/h1-2,5,8-9,12-14H,3-4,6-7H2,(H,17,21)(H,19,22)/t8-,9-,12-,13+,14?/m0/s1. The van der Waals surface area contributed by atoms with Gasteiger partial charge in [0.25, 0.3) is 0 Å². The lowest BCUT2D eigenvalue weighted by Crippen LogP contribution is -2.33. The lowest BCUT2D eigenvalue weighted by atomic mass is 10.0. The molecule has 2 bridgehead atoms. The molecule has 7 heteroatoms. The van der Waals surface area contributed by atoms with Crippen LogP contribution in [0.15, 0.2) is 17.5 Å². The number of nitrogens with zero attached hydrogens (tertiary/aromatic N) is 2. The molecule has 3 aliphatic rings. The van der Waals surface area contributed by atoms with Crippen molar-refractivity contribution in [3.8, 4) is 10.7 Å². The normalized spacial score (nSPS) is 33.7. The fourth-order valence-corrected chi connectivity index (χ4v) is 5.87. The zero-order chi connectivity index (χ0) is 15.6. The van der Waals surface area contributed by atoms with E-state index in [0.29, 0.717) is 10.8 Å². The van der Waals surface area contributed by atoms with Crippen molar-refractivity contribution in [2.45, 2.75) is 31.8 Å². The fraction of sp³-hybridized carbons (Fsp3) is 0.562. The second kappa shape index (κ2) is 5.01. The quantitative estimate of drug-likeness (QED) is 0.837. The van der Waals surface area contributed by atoms with Gasteiger partial charge < -0.3 is 5.32 Å². The molecule has 2 heterocycles. The van der Waals surface area contributed by atoms with Crippen LogP contribution in [0.5, 0.6) is 0 Å². The van der Waals surface area contributed by atoms with Gasteiger partial charge in [-0.25, -0.2) is 0 Å². The zero-order valence-corrected chi connectivity index (χ0v) is 14.2. The third-order valence-corrected chi connectivity index (χ3v) is 7.04. The number of rotatable bonds is 4. The highest BCUT2D eigenvalue weighted by Crippen LogP contribution is 2.65. The molecule has 3 saturated carbocycles. The molecule has 2 N–H and O–H groups in total. The van der Waals surface area contributed by atoms with E-state index < -0.39 is 0 Å². The Hall–Kier alpha value is -1.47. The highest BCUT2D eigenvalue weighted by atomic mass is 32.1. The Labute approximate surface area is 143 Å². The van der Waals surface area contributed by atoms with Gasteiger partial charge in [0, 0.05) is 6.04 Å². The summed E-state index contributed by atoms with van der Waals surface area (Å²) in [6, 6.07) is 4.39. The van der Waals surface area contributed by atoms with E-state index in [-0.39, 0.29) is 12.5 Å². The van der Waals surface area contributed by atoms with Gasteiger partial charge in [0.15, 0.2) is 10.6 Å². The number of carbonyl (C=O) groups excluding carboxylic acids is 1. The van der Waals surface area contributed by atoms with E-state index in [2.05, 4.69) is 15.5 Å². The van der Waals surface area contributed by atoms with Gasteiger partial charge in [-0.2, -0.15) is 5.10 Å². The Bertz CT molecular complexity index is 792. The molecule has 23 heavy (non-hydrogen) atoms. The molecule has 0 radical (unpaired) electrons. The Morgan fingerprint density at radius 2 is 2.22 bits per heavy atom. The van der Waals surface area contributed by atoms with Crippen molar-refractivity contribution >= 4 is 29.5 Å². The van der Waals surface area contributed by atoms with Gasteiger partial charge in [0.1, 0.15) is 6.54 Å². The minimum atomic E-state index is 0.0547. The highest BCUT2D eigenvalue weighted by molar-refractivity contribution is 7.71. The minimum Gasteiger partial charge on any atom is -0.351 e. The number of hydrogen-bond acceptors (Lipinski definition) is 4. The number of fused-ring (bicyclic) bond motifs is 5. The Morgan fingerprint density at radius 3 is 2.91 bits per heavy atom. The van der Waals surface area contributed by atoms with Crippen molar-refractivity contribution < 1.29 is 4.79 Å². The second-order valence-electron chi connectivity index (χ2n) is 7.00. The van der Waals surface area contributed by atoms with Gasteiger partial charge in [-0.3, -0.25) is 14.5 Å². The van der Waals surface area contributed by atoms with E-state index in [9.17, 15) is 4.79 Å². The third kappa shape index (κ3) is 2.13. The van der Waals surface area contributed by atoms with Crippen molar-refractivity contribution in [1.82, 2.24) is 20.1 Å². The van der Waals surface area contributed by atoms with Gasteiger partial charge in [0.2, 0.25) is 5.91 Å². The maximum absolute atomic E-state index is 12.5. The van der Waals surface area contributed by atoms with E-state index in [1.54, 1.807) is 15.9 Å². The van der Waals surface area contributed by atoms with Crippen molar-refractivity contribution in [1.29, 1.82) is 0 Å². The summed E-state index contributed by atoms with van der Waals surface area (Å²) in [5, 5.41) is 12.3. The van der Waals surface area contributed by atoms with Crippen LogP contribution in [-0.4, -0.2) is 26.7 Å². The molecule has 120 valence electrons. The number of amides is 1. The van der Waals surface area contributed by atoms with Crippen LogP contribution < -0.4 is 5.32 Å². The van der Waals surface area contributed by atoms with Crippen LogP contribution in [0, 0.1) is 28.4 Å². The largest absolute Gasteiger partial charge is 0.351 e. The predicted octanol–water partition coefficient (Wildman–Crippen LogP) is 2.83. The fourth-order valence-electron chi connectivity index (χ4n) is 4.95. The van der Waals surface area contributed by atoms with Crippen molar-refractivity contribution in [2.24, 2.45) is 23.7 Å². The summed E-state index contributed by atoms with van der Waals surface area (Å²) in [5.41, 5.74) is 0. The maximum Gasteiger partial charge on any atom is 0.240 e. The molecule has 0 aliphatic heterocycles. The molecule has 3 aliphatic carbocycles. The zero-order valence-electron chi connectivity index (χ0n) is 12.6. The number of carbonyl (C=O) groups is 1. The van der Waals surface area contributed by atoms with E-state index in [1.807, 2.05) is 17.5 Å². The predicted molar refractivity (Wildman–Crippen MR) is 90.5 cm³/mol. The molecule has 1 amide bonds. The van der Waals surface area contributed by atoms with Crippen molar-refractivity contribution in [3.05, 3.63) is 22.3 Å². The second-order valence-corrected chi connectivity index (χ2v) is 8.33. The molecule has 0 saturated heterocycles. The van der Waals surface area contributed by atoms with Gasteiger partial charge in [0.05, 0.1) is 4.88 Å². The summed E-state index contributed by atoms with van der Waals surface area (Å²) in [7, 11) is 0. The number of aromatic nitrogens is 3. The molecule has 0 aromatic carbocycles. The highest BCUT2D eigenvalue weighted by Gasteiger charge is 2.65. The molecule has 1 unspecified atom stereocenters.